The van der Waals surface area contributed by atoms with Gasteiger partial charge in [0.15, 0.2) is 6.17 Å². The summed E-state index contributed by atoms with van der Waals surface area (Å²) in [5.41, 5.74) is 13.4. The molecule has 0 saturated heterocycles. The molecule has 0 spiro atoms. The maximum Gasteiger partial charge on any atom is 0.299 e. The number of benzene rings is 8. The van der Waals surface area contributed by atoms with Crippen molar-refractivity contribution in [2.45, 2.75) is 18.1 Å². The van der Waals surface area contributed by atoms with Crippen LogP contribution >= 0.6 is 0 Å². The first-order valence-corrected chi connectivity index (χ1v) is 21.6. The Labute approximate surface area is 372 Å². The zero-order valence-electron chi connectivity index (χ0n) is 35.0. The van der Waals surface area contributed by atoms with Gasteiger partial charge < -0.3 is 10.2 Å². The van der Waals surface area contributed by atoms with E-state index in [0.29, 0.717) is 17.0 Å². The molecule has 0 bridgehead atoms. The lowest BCUT2D eigenvalue weighted by Crippen LogP contribution is -2.36. The first-order valence-electron chi connectivity index (χ1n) is 21.6. The number of alkyl halides is 2. The van der Waals surface area contributed by atoms with E-state index >= 15 is 8.78 Å². The molecule has 0 radical (unpaired) electrons. The normalized spacial score (nSPS) is 17.3. The van der Waals surface area contributed by atoms with Crippen LogP contribution in [0.25, 0.3) is 44.7 Å². The largest absolute Gasteiger partial charge is 0.364 e. The van der Waals surface area contributed by atoms with E-state index in [4.69, 9.17) is 9.98 Å². The third-order valence-electron chi connectivity index (χ3n) is 12.6. The van der Waals surface area contributed by atoms with Crippen molar-refractivity contribution in [2.24, 2.45) is 9.98 Å². The smallest absolute Gasteiger partial charge is 0.299 e. The van der Waals surface area contributed by atoms with Crippen LogP contribution in [-0.4, -0.2) is 23.6 Å². The van der Waals surface area contributed by atoms with E-state index in [1.54, 1.807) is 18.2 Å². The summed E-state index contributed by atoms with van der Waals surface area (Å²) in [4.78, 5) is 12.3. The minimum absolute atomic E-state index is 0.0127. The third kappa shape index (κ3) is 7.13. The molecule has 3 aliphatic rings. The predicted octanol–water partition coefficient (Wildman–Crippen LogP) is 13.7. The number of allylic oxidation sites excluding steroid dienone is 2. The van der Waals surface area contributed by atoms with Gasteiger partial charge in [-0.1, -0.05) is 194 Å². The lowest BCUT2D eigenvalue weighted by Gasteiger charge is -2.35. The summed E-state index contributed by atoms with van der Waals surface area (Å²) in [5.74, 6) is -1.64. The van der Waals surface area contributed by atoms with Gasteiger partial charge >= 0.3 is 0 Å². The number of halogens is 2. The van der Waals surface area contributed by atoms with Gasteiger partial charge in [0.25, 0.3) is 5.92 Å². The molecular formula is C58H42F2N4. The second kappa shape index (κ2) is 16.1. The Bertz CT molecular complexity index is 3140. The molecule has 8 aromatic carbocycles. The molecule has 8 aromatic rings. The van der Waals surface area contributed by atoms with Gasteiger partial charge in [0.2, 0.25) is 0 Å². The standard InChI is InChI=1S/C58H42F2N4/c1-64-53(41-16-8-3-9-17-41)36-48(38-14-6-2-7-15-38)37-54(64)42-26-22-39(23-27-42)46-30-32-51-49(34-46)50-35-47(31-33-52(50)58(51,59)60)40-24-28-45(29-25-40)57-62-55(43-18-10-4-11-19-43)61-56(63-57)44-20-12-5-13-21-44/h2-37,54-55H,1H3,(H,61,62,63). The summed E-state index contributed by atoms with van der Waals surface area (Å²) < 4.78 is 32.3. The van der Waals surface area contributed by atoms with Crippen LogP contribution in [0, 0.1) is 0 Å². The Kier molecular flexibility index (Phi) is 9.77. The van der Waals surface area contributed by atoms with Crippen molar-refractivity contribution < 1.29 is 8.78 Å². The lowest BCUT2D eigenvalue weighted by molar-refractivity contribution is 0.0480. The minimum Gasteiger partial charge on any atom is -0.364 e. The zero-order valence-corrected chi connectivity index (χ0v) is 35.0. The van der Waals surface area contributed by atoms with Gasteiger partial charge in [-0.2, -0.15) is 8.78 Å². The van der Waals surface area contributed by atoms with Gasteiger partial charge in [-0.3, -0.25) is 0 Å². The monoisotopic (exact) mass is 832 g/mol. The Balaban J connectivity index is 0.883. The molecule has 1 N–H and O–H groups in total. The number of fused-ring (bicyclic) bond motifs is 3. The Hall–Kier alpha value is -7.96. The van der Waals surface area contributed by atoms with Gasteiger partial charge in [0.05, 0.1) is 6.04 Å². The van der Waals surface area contributed by atoms with Gasteiger partial charge in [-0.05, 0) is 85.5 Å². The highest BCUT2D eigenvalue weighted by Gasteiger charge is 2.44. The molecule has 308 valence electrons. The van der Waals surface area contributed by atoms with E-state index in [2.05, 4.69) is 102 Å². The third-order valence-corrected chi connectivity index (χ3v) is 12.6. The van der Waals surface area contributed by atoms with Crippen molar-refractivity contribution in [2.75, 3.05) is 7.05 Å². The molecule has 11 rings (SSSR count). The van der Waals surface area contributed by atoms with Crippen LogP contribution in [0.2, 0.25) is 0 Å². The summed E-state index contributed by atoms with van der Waals surface area (Å²) in [7, 11) is 2.14. The molecule has 6 heteroatoms. The molecule has 0 amide bonds. The number of nitrogens with zero attached hydrogens (tertiary/aromatic N) is 3. The fourth-order valence-electron chi connectivity index (χ4n) is 9.15. The van der Waals surface area contributed by atoms with Crippen LogP contribution in [0.1, 0.15) is 56.7 Å². The van der Waals surface area contributed by atoms with Gasteiger partial charge in [0.1, 0.15) is 11.7 Å². The summed E-state index contributed by atoms with van der Waals surface area (Å²) in [6.45, 7) is 0. The van der Waals surface area contributed by atoms with E-state index in [0.717, 1.165) is 67.2 Å². The van der Waals surface area contributed by atoms with Crippen LogP contribution in [0.5, 0.6) is 0 Å². The topological polar surface area (TPSA) is 40.0 Å². The molecule has 1 aliphatic carbocycles. The SMILES string of the molecule is CN1C(c2ccccc2)=CC(c2ccccc2)=CC1c1ccc(-c2ccc3c(c2)-c2cc(-c4ccc(C5=NC(c6ccccc6)N=C(c6ccccc6)N5)cc4)ccc2C3(F)F)cc1. The highest BCUT2D eigenvalue weighted by atomic mass is 19.3. The van der Waals surface area contributed by atoms with E-state index in [1.165, 1.54) is 5.57 Å². The van der Waals surface area contributed by atoms with Crippen molar-refractivity contribution in [3.63, 3.8) is 0 Å². The summed E-state index contributed by atoms with van der Waals surface area (Å²) >= 11 is 0. The number of rotatable bonds is 8. The molecule has 2 heterocycles. The maximum atomic E-state index is 16.1. The Morgan fingerprint density at radius 1 is 0.453 bits per heavy atom. The van der Waals surface area contributed by atoms with Crippen LogP contribution in [-0.2, 0) is 5.92 Å². The van der Waals surface area contributed by atoms with Gasteiger partial charge in [0, 0.05) is 35.0 Å². The first-order chi connectivity index (χ1) is 31.4. The number of likely N-dealkylation sites (N-methyl/N-ethyl adjacent to an activating group) is 1. The lowest BCUT2D eigenvalue weighted by atomic mass is 9.91. The second-order valence-electron chi connectivity index (χ2n) is 16.5. The molecule has 0 aromatic heterocycles. The molecule has 2 unspecified atom stereocenters. The van der Waals surface area contributed by atoms with Crippen LogP contribution in [0.15, 0.2) is 228 Å². The Morgan fingerprint density at radius 2 is 0.891 bits per heavy atom. The summed E-state index contributed by atoms with van der Waals surface area (Å²) in [6.07, 6.45) is 4.18. The van der Waals surface area contributed by atoms with E-state index in [-0.39, 0.29) is 17.2 Å². The molecule has 2 atom stereocenters. The second-order valence-corrected chi connectivity index (χ2v) is 16.5. The van der Waals surface area contributed by atoms with Gasteiger partial charge in [-0.15, -0.1) is 0 Å². The number of hydrogen-bond acceptors (Lipinski definition) is 4. The zero-order chi connectivity index (χ0) is 43.2. The van der Waals surface area contributed by atoms with Crippen molar-refractivity contribution in [1.82, 2.24) is 10.2 Å². The van der Waals surface area contributed by atoms with E-state index < -0.39 is 12.1 Å². The number of nitrogens with one attached hydrogen (secondary N) is 1. The Morgan fingerprint density at radius 3 is 1.44 bits per heavy atom. The fraction of sp³-hybridized carbons (Fsp3) is 0.0690. The molecule has 0 fully saturated rings. The molecule has 4 nitrogen and oxygen atoms in total. The van der Waals surface area contributed by atoms with Crippen LogP contribution in [0.3, 0.4) is 0 Å². The van der Waals surface area contributed by atoms with Crippen LogP contribution < -0.4 is 5.32 Å². The number of amidine groups is 2. The van der Waals surface area contributed by atoms with Crippen molar-refractivity contribution in [1.29, 1.82) is 0 Å². The molecule has 0 saturated carbocycles. The molecule has 2 aliphatic heterocycles. The van der Waals surface area contributed by atoms with Crippen molar-refractivity contribution >= 4 is 22.9 Å². The predicted molar refractivity (Wildman–Crippen MR) is 257 cm³/mol. The quantitative estimate of drug-likeness (QED) is 0.166. The average molecular weight is 833 g/mol. The number of aliphatic imine (C=N–C) groups is 2. The van der Waals surface area contributed by atoms with Gasteiger partial charge in [-0.25, -0.2) is 9.98 Å². The van der Waals surface area contributed by atoms with E-state index in [9.17, 15) is 0 Å². The van der Waals surface area contributed by atoms with Crippen LogP contribution in [0.4, 0.5) is 8.78 Å². The maximum absolute atomic E-state index is 16.1. The first kappa shape index (κ1) is 38.9. The number of hydrogen-bond donors (Lipinski definition) is 1. The molecular weight excluding hydrogens is 791 g/mol. The fourth-order valence-corrected chi connectivity index (χ4v) is 9.15. The highest BCUT2D eigenvalue weighted by Crippen LogP contribution is 2.53. The average Bonchev–Trinajstić information content (AvgIpc) is 3.59. The van der Waals surface area contributed by atoms with E-state index in [1.807, 2.05) is 115 Å². The highest BCUT2D eigenvalue weighted by molar-refractivity contribution is 6.16. The minimum atomic E-state index is -3.11. The summed E-state index contributed by atoms with van der Waals surface area (Å²) in [6, 6.07) is 68.3. The summed E-state index contributed by atoms with van der Waals surface area (Å²) in [5, 5.41) is 3.46. The molecule has 64 heavy (non-hydrogen) atoms. The van der Waals surface area contributed by atoms with Crippen molar-refractivity contribution in [3.05, 3.63) is 263 Å². The van der Waals surface area contributed by atoms with Crippen molar-refractivity contribution in [3.8, 4) is 33.4 Å².